The molecule has 0 fully saturated rings. The van der Waals surface area contributed by atoms with E-state index in [1.807, 2.05) is 0 Å². The number of pyridine rings is 1. The molecule has 0 aliphatic heterocycles. The molecule has 0 bridgehead atoms. The molecule has 0 atom stereocenters. The second kappa shape index (κ2) is 6.00. The van der Waals surface area contributed by atoms with Crippen LogP contribution in [0.15, 0.2) is 42.7 Å². The van der Waals surface area contributed by atoms with Gasteiger partial charge in [-0.15, -0.1) is 13.2 Å². The number of hydrogen-bond acceptors (Lipinski definition) is 3. The zero-order valence-corrected chi connectivity index (χ0v) is 10.9. The minimum Gasteiger partial charge on any atom is -0.406 e. The number of nitrogens with zero attached hydrogens (tertiary/aromatic N) is 1. The van der Waals surface area contributed by atoms with Crippen LogP contribution in [0.3, 0.4) is 0 Å². The number of alkyl halides is 3. The lowest BCUT2D eigenvalue weighted by Gasteiger charge is -2.11. The van der Waals surface area contributed by atoms with Crippen LogP contribution in [0.4, 0.5) is 18.9 Å². The fourth-order valence-electron chi connectivity index (χ4n) is 1.55. The summed E-state index contributed by atoms with van der Waals surface area (Å²) in [6.45, 7) is 0.372. The van der Waals surface area contributed by atoms with Crippen LogP contribution in [0.5, 0.6) is 5.75 Å². The maximum absolute atomic E-state index is 12.1. The molecule has 0 unspecified atom stereocenters. The van der Waals surface area contributed by atoms with Gasteiger partial charge in [0.25, 0.3) is 0 Å². The van der Waals surface area contributed by atoms with Gasteiger partial charge in [-0.05, 0) is 23.8 Å². The Morgan fingerprint density at radius 3 is 2.75 bits per heavy atom. The molecule has 20 heavy (non-hydrogen) atoms. The van der Waals surface area contributed by atoms with Gasteiger partial charge in [-0.25, -0.2) is 0 Å². The molecule has 1 aromatic carbocycles. The Kier molecular flexibility index (Phi) is 4.34. The van der Waals surface area contributed by atoms with E-state index in [4.69, 9.17) is 11.6 Å². The van der Waals surface area contributed by atoms with E-state index < -0.39 is 6.36 Å². The second-order valence-electron chi connectivity index (χ2n) is 3.90. The van der Waals surface area contributed by atoms with Gasteiger partial charge in [0.2, 0.25) is 0 Å². The van der Waals surface area contributed by atoms with E-state index in [1.54, 1.807) is 18.3 Å². The van der Waals surface area contributed by atoms with Gasteiger partial charge in [-0.1, -0.05) is 17.7 Å². The third-order valence-corrected chi connectivity index (χ3v) is 2.75. The number of hydrogen-bond donors (Lipinski definition) is 1. The molecule has 0 saturated carbocycles. The molecule has 3 nitrogen and oxygen atoms in total. The zero-order valence-electron chi connectivity index (χ0n) is 10.1. The number of benzene rings is 1. The third kappa shape index (κ3) is 4.31. The lowest BCUT2D eigenvalue weighted by atomic mass is 10.2. The average Bonchev–Trinajstić information content (AvgIpc) is 2.36. The number of ether oxygens (including phenoxy) is 1. The molecule has 0 spiro atoms. The van der Waals surface area contributed by atoms with Crippen molar-refractivity contribution in [1.29, 1.82) is 0 Å². The summed E-state index contributed by atoms with van der Waals surface area (Å²) < 4.78 is 40.2. The van der Waals surface area contributed by atoms with Gasteiger partial charge in [-0.2, -0.15) is 0 Å². The highest BCUT2D eigenvalue weighted by atomic mass is 35.5. The van der Waals surface area contributed by atoms with Crippen molar-refractivity contribution in [3.05, 3.63) is 53.3 Å². The summed E-state index contributed by atoms with van der Waals surface area (Å²) in [5, 5.41) is 3.46. The molecule has 2 aromatic rings. The van der Waals surface area contributed by atoms with E-state index in [0.29, 0.717) is 17.3 Å². The van der Waals surface area contributed by atoms with E-state index in [0.717, 1.165) is 5.56 Å². The summed E-state index contributed by atoms with van der Waals surface area (Å²) in [4.78, 5) is 3.85. The molecule has 0 radical (unpaired) electrons. The summed E-state index contributed by atoms with van der Waals surface area (Å²) in [6, 6.07) is 7.34. The van der Waals surface area contributed by atoms with Crippen LogP contribution in [-0.2, 0) is 6.54 Å². The molecular weight excluding hydrogens is 293 g/mol. The normalized spacial score (nSPS) is 11.2. The topological polar surface area (TPSA) is 34.1 Å². The third-order valence-electron chi connectivity index (χ3n) is 2.41. The number of rotatable bonds is 4. The molecule has 106 valence electrons. The smallest absolute Gasteiger partial charge is 0.406 e. The van der Waals surface area contributed by atoms with Gasteiger partial charge >= 0.3 is 6.36 Å². The van der Waals surface area contributed by atoms with E-state index >= 15 is 0 Å². The van der Waals surface area contributed by atoms with Crippen molar-refractivity contribution in [2.45, 2.75) is 12.9 Å². The van der Waals surface area contributed by atoms with Gasteiger partial charge in [-0.3, -0.25) is 4.98 Å². The molecule has 0 aliphatic carbocycles. The Hall–Kier alpha value is -1.95. The number of halogens is 4. The van der Waals surface area contributed by atoms with Crippen molar-refractivity contribution in [2.24, 2.45) is 0 Å². The molecule has 0 amide bonds. The van der Waals surface area contributed by atoms with Gasteiger partial charge in [0.15, 0.2) is 0 Å². The second-order valence-corrected chi connectivity index (χ2v) is 4.30. The summed E-state index contributed by atoms with van der Waals surface area (Å²) >= 11 is 5.93. The Morgan fingerprint density at radius 1 is 1.25 bits per heavy atom. The Balaban J connectivity index is 2.03. The van der Waals surface area contributed by atoms with Crippen LogP contribution in [0.1, 0.15) is 5.56 Å². The minimum atomic E-state index is -4.70. The first-order valence-corrected chi connectivity index (χ1v) is 6.00. The van der Waals surface area contributed by atoms with Gasteiger partial charge in [0.1, 0.15) is 5.75 Å². The lowest BCUT2D eigenvalue weighted by Crippen LogP contribution is -2.17. The molecule has 1 aromatic heterocycles. The molecule has 0 aliphatic rings. The van der Waals surface area contributed by atoms with Crippen molar-refractivity contribution in [2.75, 3.05) is 5.32 Å². The maximum Gasteiger partial charge on any atom is 0.573 e. The SMILES string of the molecule is FC(F)(F)Oc1cccc(NCc2ccncc2Cl)c1. The monoisotopic (exact) mass is 302 g/mol. The zero-order chi connectivity index (χ0) is 14.6. The van der Waals surface area contributed by atoms with Crippen LogP contribution in [0.25, 0.3) is 0 Å². The van der Waals surface area contributed by atoms with Gasteiger partial charge < -0.3 is 10.1 Å². The average molecular weight is 303 g/mol. The summed E-state index contributed by atoms with van der Waals surface area (Å²) in [5.74, 6) is -0.275. The fourth-order valence-corrected chi connectivity index (χ4v) is 1.73. The molecule has 2 rings (SSSR count). The number of aromatic nitrogens is 1. The first-order chi connectivity index (χ1) is 9.44. The maximum atomic E-state index is 12.1. The largest absolute Gasteiger partial charge is 0.573 e. The van der Waals surface area contributed by atoms with Crippen molar-refractivity contribution < 1.29 is 17.9 Å². The van der Waals surface area contributed by atoms with Crippen molar-refractivity contribution >= 4 is 17.3 Å². The standard InChI is InChI=1S/C13H10ClF3N2O/c14-12-8-18-5-4-9(12)7-19-10-2-1-3-11(6-10)20-13(15,16)17/h1-6,8,19H,7H2. The first kappa shape index (κ1) is 14.5. The number of nitrogens with one attached hydrogen (secondary N) is 1. The predicted molar refractivity (Wildman–Crippen MR) is 69.7 cm³/mol. The molecule has 7 heteroatoms. The van der Waals surface area contributed by atoms with E-state index in [1.165, 1.54) is 24.4 Å². The Bertz CT molecular complexity index is 590. The number of anilines is 1. The molecule has 0 saturated heterocycles. The molecule has 1 N–H and O–H groups in total. The fraction of sp³-hybridized carbons (Fsp3) is 0.154. The van der Waals surface area contributed by atoms with Crippen LogP contribution in [0, 0.1) is 0 Å². The quantitative estimate of drug-likeness (QED) is 0.917. The van der Waals surface area contributed by atoms with Crippen LogP contribution >= 0.6 is 11.6 Å². The summed E-state index contributed by atoms with van der Waals surface area (Å²) in [6.07, 6.45) is -1.61. The molecule has 1 heterocycles. The predicted octanol–water partition coefficient (Wildman–Crippen LogP) is 4.25. The van der Waals surface area contributed by atoms with Crippen molar-refractivity contribution in [3.63, 3.8) is 0 Å². The first-order valence-electron chi connectivity index (χ1n) is 5.62. The summed E-state index contributed by atoms with van der Waals surface area (Å²) in [5.41, 5.74) is 1.29. The van der Waals surface area contributed by atoms with E-state index in [9.17, 15) is 13.2 Å². The minimum absolute atomic E-state index is 0.275. The van der Waals surface area contributed by atoms with Crippen LogP contribution in [0.2, 0.25) is 5.02 Å². The Morgan fingerprint density at radius 2 is 2.05 bits per heavy atom. The lowest BCUT2D eigenvalue weighted by molar-refractivity contribution is -0.274. The van der Waals surface area contributed by atoms with Crippen molar-refractivity contribution in [3.8, 4) is 5.75 Å². The highest BCUT2D eigenvalue weighted by molar-refractivity contribution is 6.31. The van der Waals surface area contributed by atoms with E-state index in [-0.39, 0.29) is 5.75 Å². The van der Waals surface area contributed by atoms with Crippen LogP contribution in [-0.4, -0.2) is 11.3 Å². The van der Waals surface area contributed by atoms with E-state index in [2.05, 4.69) is 15.0 Å². The van der Waals surface area contributed by atoms with Gasteiger partial charge in [0, 0.05) is 30.7 Å². The summed E-state index contributed by atoms with van der Waals surface area (Å²) in [7, 11) is 0. The Labute approximate surface area is 118 Å². The molecular formula is C13H10ClF3N2O. The van der Waals surface area contributed by atoms with Gasteiger partial charge in [0.05, 0.1) is 5.02 Å². The van der Waals surface area contributed by atoms with Crippen LogP contribution < -0.4 is 10.1 Å². The highest BCUT2D eigenvalue weighted by Crippen LogP contribution is 2.25. The van der Waals surface area contributed by atoms with Crippen molar-refractivity contribution in [1.82, 2.24) is 4.98 Å². The highest BCUT2D eigenvalue weighted by Gasteiger charge is 2.31.